The van der Waals surface area contributed by atoms with Crippen molar-refractivity contribution in [2.75, 3.05) is 24.7 Å². The van der Waals surface area contributed by atoms with Crippen LogP contribution in [0.2, 0.25) is 0 Å². The van der Waals surface area contributed by atoms with Crippen molar-refractivity contribution in [1.82, 2.24) is 10.3 Å². The number of allylic oxidation sites excluding steroid dienone is 3. The molecule has 3 aliphatic carbocycles. The number of aliphatic hydroxyl groups is 4. The molecule has 1 saturated heterocycles. The summed E-state index contributed by atoms with van der Waals surface area (Å²) in [5, 5.41) is 61.9. The molecule has 5 aliphatic rings. The van der Waals surface area contributed by atoms with Gasteiger partial charge >= 0.3 is 0 Å². The van der Waals surface area contributed by atoms with Gasteiger partial charge in [-0.1, -0.05) is 108 Å². The Hall–Kier alpha value is -3.76. The van der Waals surface area contributed by atoms with E-state index in [1.165, 1.54) is 11.1 Å². The lowest BCUT2D eigenvalue weighted by Gasteiger charge is -2.36. The van der Waals surface area contributed by atoms with Crippen molar-refractivity contribution in [2.45, 2.75) is 108 Å². The van der Waals surface area contributed by atoms with Crippen LogP contribution in [0.5, 0.6) is 11.5 Å². The van der Waals surface area contributed by atoms with Gasteiger partial charge in [-0.25, -0.2) is 0 Å². The minimum Gasteiger partial charge on any atom is -0.504 e. The number of aliphatic hydroxyl groups excluding tert-OH is 4. The zero-order chi connectivity index (χ0) is 44.0. The van der Waals surface area contributed by atoms with E-state index in [9.17, 15) is 25.5 Å². The number of nitrogens with one attached hydrogen (secondary N) is 2. The Morgan fingerprint density at radius 1 is 0.968 bits per heavy atom. The molecule has 1 aromatic heterocycles. The van der Waals surface area contributed by atoms with Crippen LogP contribution in [0.25, 0.3) is 0 Å². The summed E-state index contributed by atoms with van der Waals surface area (Å²) in [5.74, 6) is 8.88. The number of benzene rings is 2. The quantitative estimate of drug-likeness (QED) is 0.0604. The molecule has 0 radical (unpaired) electrons. The molecule has 0 bridgehead atoms. The fraction of sp³-hybridized carbons (Fsp3) is 0.538. The van der Waals surface area contributed by atoms with Gasteiger partial charge in [0.25, 0.3) is 0 Å². The molecule has 63 heavy (non-hydrogen) atoms. The van der Waals surface area contributed by atoms with Crippen LogP contribution in [-0.4, -0.2) is 79.6 Å². The van der Waals surface area contributed by atoms with Gasteiger partial charge in [0.2, 0.25) is 0 Å². The van der Waals surface area contributed by atoms with E-state index in [0.717, 1.165) is 66.5 Å². The summed E-state index contributed by atoms with van der Waals surface area (Å²) >= 11 is 0. The predicted octanol–water partition coefficient (Wildman–Crippen LogP) is 7.80. The van der Waals surface area contributed by atoms with Gasteiger partial charge in [-0.2, -0.15) is 0 Å². The number of aromatic hydroxyl groups is 1. The fourth-order valence-corrected chi connectivity index (χ4v) is 13.6. The number of phenols is 1. The number of H-pyrrole nitrogens is 1. The molecule has 0 saturated carbocycles. The van der Waals surface area contributed by atoms with Crippen LogP contribution in [0.3, 0.4) is 0 Å². The average molecular weight is 894 g/mol. The summed E-state index contributed by atoms with van der Waals surface area (Å²) in [5.41, 5.74) is 14.4. The van der Waals surface area contributed by atoms with Gasteiger partial charge in [-0.3, -0.25) is 0 Å². The topological polar surface area (TPSA) is 164 Å². The average Bonchev–Trinajstić information content (AvgIpc) is 3.74. The van der Waals surface area contributed by atoms with Gasteiger partial charge in [0.1, 0.15) is 11.9 Å². The predicted molar refractivity (Wildman–Crippen MR) is 255 cm³/mol. The number of phenolic OH excluding ortho intramolecular Hbond substituents is 1. The number of ether oxygens (including phenoxy) is 1. The van der Waals surface area contributed by atoms with E-state index in [1.807, 2.05) is 24.4 Å². The lowest BCUT2D eigenvalue weighted by Crippen LogP contribution is -2.42. The van der Waals surface area contributed by atoms with E-state index < -0.39 is 36.3 Å². The molecule has 12 atom stereocenters. The number of hydrogen-bond acceptors (Lipinski definition) is 10. The first-order chi connectivity index (χ1) is 30.6. The molecule has 8 rings (SSSR count). The number of dihydropyridines is 1. The lowest BCUT2D eigenvalue weighted by atomic mass is 9.70. The molecule has 11 heteroatoms. The number of nitrogens with two attached hydrogens (primary N) is 1. The maximum absolute atomic E-state index is 12.3. The molecule has 2 aliphatic heterocycles. The van der Waals surface area contributed by atoms with E-state index in [0.29, 0.717) is 55.5 Å². The fourth-order valence-electron chi connectivity index (χ4n) is 11.1. The summed E-state index contributed by atoms with van der Waals surface area (Å²) in [6.07, 6.45) is 10.7. The molecular formula is C52H67N3O6S2. The van der Waals surface area contributed by atoms with E-state index in [-0.39, 0.29) is 47.7 Å². The molecule has 9 N–H and O–H groups in total. The molecular weight excluding hydrogens is 827 g/mol. The van der Waals surface area contributed by atoms with Crippen molar-refractivity contribution in [3.63, 3.8) is 0 Å². The van der Waals surface area contributed by atoms with Crippen LogP contribution in [-0.2, 0) is 19.3 Å². The maximum Gasteiger partial charge on any atom is 0.161 e. The van der Waals surface area contributed by atoms with Gasteiger partial charge in [0.05, 0.1) is 18.3 Å². The van der Waals surface area contributed by atoms with Crippen molar-refractivity contribution < 1.29 is 30.3 Å². The van der Waals surface area contributed by atoms with E-state index in [1.54, 1.807) is 21.6 Å². The largest absolute Gasteiger partial charge is 0.504 e. The molecule has 2 aromatic carbocycles. The highest BCUT2D eigenvalue weighted by atomic mass is 33.1. The summed E-state index contributed by atoms with van der Waals surface area (Å²) in [6.45, 7) is 4.90. The number of aromatic nitrogens is 1. The number of fused-ring (bicyclic) bond motifs is 5. The van der Waals surface area contributed by atoms with Crippen molar-refractivity contribution >= 4 is 21.6 Å². The number of aromatic amines is 1. The molecule has 1 fully saturated rings. The van der Waals surface area contributed by atoms with Gasteiger partial charge < -0.3 is 46.3 Å². The Bertz CT molecular complexity index is 2160. The van der Waals surface area contributed by atoms with Crippen LogP contribution in [0.15, 0.2) is 95.5 Å². The smallest absolute Gasteiger partial charge is 0.161 e. The summed E-state index contributed by atoms with van der Waals surface area (Å²) in [4.78, 5) is 3.37. The molecule has 0 amide bonds. The summed E-state index contributed by atoms with van der Waals surface area (Å²) in [7, 11) is 3.28. The second kappa shape index (κ2) is 21.0. The Kier molecular flexibility index (Phi) is 15.3. The van der Waals surface area contributed by atoms with E-state index in [2.05, 4.69) is 84.5 Å². The highest BCUT2D eigenvalue weighted by Crippen LogP contribution is 2.51. The molecule has 3 heterocycles. The minimum atomic E-state index is -1.03. The minimum absolute atomic E-state index is 0.00938. The van der Waals surface area contributed by atoms with Gasteiger partial charge in [-0.15, -0.1) is 0 Å². The first kappa shape index (κ1) is 45.8. The SMILES string of the molecule is CCC1Cc2cc(O)c(OC3CC(Cc4ccc[nH]4)C4=CCNC(N)=C4CSSCC(CO)C3O)cc2C2CC(O)C3C(C#CC(C(C)Cc4ccccc4)CCCCC3O)C=C12. The van der Waals surface area contributed by atoms with Crippen LogP contribution in [0, 0.1) is 53.3 Å². The van der Waals surface area contributed by atoms with Crippen molar-refractivity contribution in [2.24, 2.45) is 47.2 Å². The van der Waals surface area contributed by atoms with E-state index in [4.69, 9.17) is 10.5 Å². The van der Waals surface area contributed by atoms with Gasteiger partial charge in [0, 0.05) is 71.7 Å². The van der Waals surface area contributed by atoms with Crippen molar-refractivity contribution in [1.29, 1.82) is 0 Å². The third-order valence-electron chi connectivity index (χ3n) is 14.7. The summed E-state index contributed by atoms with van der Waals surface area (Å²) in [6, 6.07) is 18.5. The Morgan fingerprint density at radius 3 is 2.57 bits per heavy atom. The van der Waals surface area contributed by atoms with E-state index >= 15 is 0 Å². The number of rotatable bonds is 9. The Balaban J connectivity index is 1.14. The summed E-state index contributed by atoms with van der Waals surface area (Å²) < 4.78 is 6.89. The van der Waals surface area contributed by atoms with Gasteiger partial charge in [-0.05, 0) is 116 Å². The van der Waals surface area contributed by atoms with Crippen LogP contribution < -0.4 is 15.8 Å². The third-order valence-corrected chi connectivity index (χ3v) is 17.1. The van der Waals surface area contributed by atoms with Crippen molar-refractivity contribution in [3.8, 4) is 23.3 Å². The monoisotopic (exact) mass is 893 g/mol. The van der Waals surface area contributed by atoms with Crippen molar-refractivity contribution in [3.05, 3.63) is 118 Å². The molecule has 9 nitrogen and oxygen atoms in total. The van der Waals surface area contributed by atoms with Crippen LogP contribution >= 0.6 is 21.6 Å². The standard InChI is InChI=1S/C52H67N3O6S2/c1-3-33-21-36-24-46(58)48(61-49-25-37(22-39-13-9-18-54-39)40-17-19-55-52(53)44(40)30-63-62-29-38(28-56)51(49)60)27-42(36)43-26-47(59)50-35(23-41(33)43)16-15-34(12-7-8-14-45(50)57)31(2)20-32-10-5-4-6-11-32/h4-6,9-11,13,17-18,23-24,27,31,33-35,37-38,43,45,47,49-51,54-60H,3,7-8,12,14,19-22,25-26,28-30,53H2,1-2H3. The zero-order valence-electron chi connectivity index (χ0n) is 36.8. The second-order valence-electron chi connectivity index (χ2n) is 18.8. The Morgan fingerprint density at radius 2 is 1.79 bits per heavy atom. The third kappa shape index (κ3) is 10.5. The van der Waals surface area contributed by atoms with Gasteiger partial charge in [0.15, 0.2) is 11.5 Å². The van der Waals surface area contributed by atoms with Crippen LogP contribution in [0.1, 0.15) is 87.1 Å². The van der Waals surface area contributed by atoms with Crippen LogP contribution in [0.4, 0.5) is 0 Å². The molecule has 0 spiro atoms. The highest BCUT2D eigenvalue weighted by molar-refractivity contribution is 8.76. The zero-order valence-corrected chi connectivity index (χ0v) is 38.4. The molecule has 3 aromatic rings. The molecule has 12 unspecified atom stereocenters. The normalized spacial score (nSPS) is 31.9. The second-order valence-corrected chi connectivity index (χ2v) is 21.3. The highest BCUT2D eigenvalue weighted by Gasteiger charge is 2.43. The first-order valence-corrected chi connectivity index (χ1v) is 25.8. The Labute approximate surface area is 381 Å². The number of hydrogen-bond donors (Lipinski definition) is 8. The molecule has 338 valence electrons. The maximum atomic E-state index is 12.3. The first-order valence-electron chi connectivity index (χ1n) is 23.3. The lowest BCUT2D eigenvalue weighted by molar-refractivity contribution is -0.0214.